The SMILES string of the molecule is COC(=O)c1ccc(S(=O)(=O)Nc2ccsc2-c2nc(C3CC3)no2)cc1. The van der Waals surface area contributed by atoms with Crippen LogP contribution in [0.3, 0.4) is 0 Å². The Kier molecular flexibility index (Phi) is 4.44. The molecule has 1 aliphatic carbocycles. The third-order valence-corrected chi connectivity index (χ3v) is 6.36. The zero-order valence-corrected chi connectivity index (χ0v) is 15.8. The molecule has 0 radical (unpaired) electrons. The summed E-state index contributed by atoms with van der Waals surface area (Å²) in [6.07, 6.45) is 2.09. The Balaban J connectivity index is 1.58. The third kappa shape index (κ3) is 3.58. The first-order valence-corrected chi connectivity index (χ1v) is 10.5. The van der Waals surface area contributed by atoms with E-state index in [-0.39, 0.29) is 10.5 Å². The van der Waals surface area contributed by atoms with Gasteiger partial charge in [0, 0.05) is 5.92 Å². The van der Waals surface area contributed by atoms with Crippen molar-refractivity contribution in [3.05, 3.63) is 47.1 Å². The molecule has 10 heteroatoms. The molecule has 1 aliphatic rings. The molecule has 0 saturated heterocycles. The van der Waals surface area contributed by atoms with Gasteiger partial charge in [-0.3, -0.25) is 4.72 Å². The maximum Gasteiger partial charge on any atom is 0.337 e. The minimum Gasteiger partial charge on any atom is -0.465 e. The number of carbonyl (C=O) groups excluding carboxylic acids is 1. The van der Waals surface area contributed by atoms with Crippen LogP contribution in [0.2, 0.25) is 0 Å². The first-order chi connectivity index (χ1) is 13.0. The Morgan fingerprint density at radius 3 is 2.67 bits per heavy atom. The van der Waals surface area contributed by atoms with E-state index in [4.69, 9.17) is 4.52 Å². The fourth-order valence-electron chi connectivity index (χ4n) is 2.48. The van der Waals surface area contributed by atoms with E-state index in [9.17, 15) is 13.2 Å². The van der Waals surface area contributed by atoms with Crippen LogP contribution in [-0.2, 0) is 14.8 Å². The van der Waals surface area contributed by atoms with Crippen molar-refractivity contribution in [3.8, 4) is 10.8 Å². The van der Waals surface area contributed by atoms with Gasteiger partial charge in [-0.05, 0) is 48.6 Å². The minimum atomic E-state index is -3.85. The number of hydrogen-bond donors (Lipinski definition) is 1. The minimum absolute atomic E-state index is 0.0245. The van der Waals surface area contributed by atoms with Gasteiger partial charge in [0.15, 0.2) is 5.82 Å². The number of aromatic nitrogens is 2. The van der Waals surface area contributed by atoms with Crippen LogP contribution in [0.4, 0.5) is 5.69 Å². The molecule has 1 N–H and O–H groups in total. The molecule has 3 aromatic rings. The summed E-state index contributed by atoms with van der Waals surface area (Å²) in [4.78, 5) is 16.4. The number of hydrogen-bond acceptors (Lipinski definition) is 8. The quantitative estimate of drug-likeness (QED) is 0.627. The normalized spacial score (nSPS) is 14.1. The zero-order chi connectivity index (χ0) is 19.0. The van der Waals surface area contributed by atoms with Crippen LogP contribution in [0.5, 0.6) is 0 Å². The molecule has 0 amide bonds. The van der Waals surface area contributed by atoms with Gasteiger partial charge in [-0.2, -0.15) is 4.98 Å². The largest absolute Gasteiger partial charge is 0.465 e. The molecule has 2 aromatic heterocycles. The molecule has 0 spiro atoms. The number of esters is 1. The molecule has 1 fully saturated rings. The van der Waals surface area contributed by atoms with Gasteiger partial charge in [0.05, 0.1) is 23.3 Å². The molecule has 2 heterocycles. The van der Waals surface area contributed by atoms with Gasteiger partial charge < -0.3 is 9.26 Å². The van der Waals surface area contributed by atoms with Gasteiger partial charge in [0.25, 0.3) is 15.9 Å². The molecular weight excluding hydrogens is 390 g/mol. The molecule has 8 nitrogen and oxygen atoms in total. The molecule has 0 unspecified atom stereocenters. The maximum atomic E-state index is 12.7. The highest BCUT2D eigenvalue weighted by Crippen LogP contribution is 2.40. The number of rotatable bonds is 6. The van der Waals surface area contributed by atoms with E-state index in [0.717, 1.165) is 12.8 Å². The Labute approximate surface area is 159 Å². The predicted octanol–water partition coefficient (Wildman–Crippen LogP) is 3.26. The van der Waals surface area contributed by atoms with Gasteiger partial charge in [0.1, 0.15) is 4.88 Å². The summed E-state index contributed by atoms with van der Waals surface area (Å²) in [5, 5.41) is 5.71. The lowest BCUT2D eigenvalue weighted by atomic mass is 10.2. The number of sulfonamides is 1. The Morgan fingerprint density at radius 1 is 1.26 bits per heavy atom. The molecule has 1 aromatic carbocycles. The van der Waals surface area contributed by atoms with Gasteiger partial charge in [-0.15, -0.1) is 11.3 Å². The van der Waals surface area contributed by atoms with Crippen molar-refractivity contribution in [2.24, 2.45) is 0 Å². The summed E-state index contributed by atoms with van der Waals surface area (Å²) < 4.78 is 37.8. The molecule has 27 heavy (non-hydrogen) atoms. The van der Waals surface area contributed by atoms with E-state index >= 15 is 0 Å². The first kappa shape index (κ1) is 17.7. The average molecular weight is 405 g/mol. The van der Waals surface area contributed by atoms with Crippen molar-refractivity contribution in [3.63, 3.8) is 0 Å². The van der Waals surface area contributed by atoms with Gasteiger partial charge in [0.2, 0.25) is 0 Å². The highest BCUT2D eigenvalue weighted by molar-refractivity contribution is 7.92. The van der Waals surface area contributed by atoms with Crippen molar-refractivity contribution < 1.29 is 22.5 Å². The summed E-state index contributed by atoms with van der Waals surface area (Å²) in [7, 11) is -2.58. The Morgan fingerprint density at radius 2 is 2.00 bits per heavy atom. The highest BCUT2D eigenvalue weighted by atomic mass is 32.2. The number of nitrogens with one attached hydrogen (secondary N) is 1. The Bertz CT molecular complexity index is 1080. The second kappa shape index (κ2) is 6.78. The average Bonchev–Trinajstić information content (AvgIpc) is 3.23. The number of thiophene rings is 1. The van der Waals surface area contributed by atoms with E-state index in [0.29, 0.717) is 28.2 Å². The summed E-state index contributed by atoms with van der Waals surface area (Å²) in [5.74, 6) is 0.766. The van der Waals surface area contributed by atoms with E-state index in [1.54, 1.807) is 11.4 Å². The van der Waals surface area contributed by atoms with Crippen LogP contribution < -0.4 is 4.72 Å². The number of methoxy groups -OCH3 is 1. The highest BCUT2D eigenvalue weighted by Gasteiger charge is 2.30. The maximum absolute atomic E-state index is 12.7. The molecule has 4 rings (SSSR count). The van der Waals surface area contributed by atoms with E-state index in [1.807, 2.05) is 0 Å². The second-order valence-electron chi connectivity index (χ2n) is 6.02. The van der Waals surface area contributed by atoms with E-state index in [1.165, 1.54) is 42.7 Å². The molecule has 1 saturated carbocycles. The van der Waals surface area contributed by atoms with Crippen LogP contribution in [0.25, 0.3) is 10.8 Å². The standard InChI is InChI=1S/C17H15N3O5S2/c1-24-17(21)11-4-6-12(7-5-11)27(22,23)20-13-8-9-26-14(13)16-18-15(19-25-16)10-2-3-10/h4-10,20H,2-3H2,1H3. The molecule has 140 valence electrons. The molecule has 0 aliphatic heterocycles. The summed E-state index contributed by atoms with van der Waals surface area (Å²) in [6.45, 7) is 0. The number of nitrogens with zero attached hydrogens (tertiary/aromatic N) is 2. The van der Waals surface area contributed by atoms with Crippen LogP contribution in [0, 0.1) is 0 Å². The number of ether oxygens (including phenoxy) is 1. The van der Waals surface area contributed by atoms with Crippen molar-refractivity contribution >= 4 is 33.0 Å². The molecular formula is C17H15N3O5S2. The van der Waals surface area contributed by atoms with Gasteiger partial charge >= 0.3 is 5.97 Å². The number of carbonyl (C=O) groups is 1. The predicted molar refractivity (Wildman–Crippen MR) is 98.2 cm³/mol. The molecule has 0 bridgehead atoms. The van der Waals surface area contributed by atoms with Crippen LogP contribution in [0.1, 0.15) is 34.9 Å². The first-order valence-electron chi connectivity index (χ1n) is 8.10. The number of anilines is 1. The lowest BCUT2D eigenvalue weighted by Gasteiger charge is -2.08. The van der Waals surface area contributed by atoms with Crippen LogP contribution in [-0.4, -0.2) is 31.6 Å². The fraction of sp³-hybridized carbons (Fsp3) is 0.235. The summed E-state index contributed by atoms with van der Waals surface area (Å²) in [6, 6.07) is 7.13. The monoisotopic (exact) mass is 405 g/mol. The van der Waals surface area contributed by atoms with Crippen molar-refractivity contribution in [2.45, 2.75) is 23.7 Å². The zero-order valence-electron chi connectivity index (χ0n) is 14.2. The molecule has 0 atom stereocenters. The Hall–Kier alpha value is -2.72. The summed E-state index contributed by atoms with van der Waals surface area (Å²) in [5.41, 5.74) is 0.633. The van der Waals surface area contributed by atoms with Crippen molar-refractivity contribution in [1.29, 1.82) is 0 Å². The van der Waals surface area contributed by atoms with E-state index in [2.05, 4.69) is 19.6 Å². The number of benzene rings is 1. The van der Waals surface area contributed by atoms with Crippen molar-refractivity contribution in [2.75, 3.05) is 11.8 Å². The summed E-state index contributed by atoms with van der Waals surface area (Å²) >= 11 is 1.31. The lowest BCUT2D eigenvalue weighted by Crippen LogP contribution is -2.13. The van der Waals surface area contributed by atoms with E-state index < -0.39 is 16.0 Å². The fourth-order valence-corrected chi connectivity index (χ4v) is 4.39. The van der Waals surface area contributed by atoms with Crippen molar-refractivity contribution in [1.82, 2.24) is 10.1 Å². The van der Waals surface area contributed by atoms with Gasteiger partial charge in [-0.25, -0.2) is 13.2 Å². The lowest BCUT2D eigenvalue weighted by molar-refractivity contribution is 0.0600. The third-order valence-electron chi connectivity index (χ3n) is 4.07. The van der Waals surface area contributed by atoms with Gasteiger partial charge in [-0.1, -0.05) is 5.16 Å². The topological polar surface area (TPSA) is 111 Å². The smallest absolute Gasteiger partial charge is 0.337 e. The van der Waals surface area contributed by atoms with Crippen LogP contribution >= 0.6 is 11.3 Å². The second-order valence-corrected chi connectivity index (χ2v) is 8.62. The van der Waals surface area contributed by atoms with Crippen LogP contribution in [0.15, 0.2) is 45.1 Å².